The number of ether oxygens (including phenoxy) is 3. The van der Waals surface area contributed by atoms with Crippen molar-refractivity contribution >= 4 is 12.0 Å². The number of benzene rings is 1. The summed E-state index contributed by atoms with van der Waals surface area (Å²) in [6.45, 7) is 8.08. The van der Waals surface area contributed by atoms with Crippen molar-refractivity contribution in [1.29, 1.82) is 0 Å². The van der Waals surface area contributed by atoms with E-state index in [1.807, 2.05) is 13.8 Å². The van der Waals surface area contributed by atoms with Crippen molar-refractivity contribution in [2.75, 3.05) is 20.3 Å². The molecule has 136 valence electrons. The lowest BCUT2D eigenvalue weighted by Crippen LogP contribution is -2.51. The first kappa shape index (κ1) is 18.8. The molecular formula is C18H24N2O5. The summed E-state index contributed by atoms with van der Waals surface area (Å²) < 4.78 is 15.8. The predicted octanol–water partition coefficient (Wildman–Crippen LogP) is 2.15. The molecule has 0 saturated carbocycles. The molecule has 2 atom stereocenters. The molecule has 0 radical (unpaired) electrons. The number of urea groups is 1. The molecule has 1 aromatic rings. The van der Waals surface area contributed by atoms with Crippen LogP contribution in [0.4, 0.5) is 4.79 Å². The van der Waals surface area contributed by atoms with Crippen molar-refractivity contribution in [3.8, 4) is 5.75 Å². The molecule has 7 heteroatoms. The Kier molecular flexibility index (Phi) is 6.41. The monoisotopic (exact) mass is 348 g/mol. The van der Waals surface area contributed by atoms with Crippen LogP contribution in [0.5, 0.6) is 5.75 Å². The molecule has 1 saturated heterocycles. The summed E-state index contributed by atoms with van der Waals surface area (Å²) in [7, 11) is 1.57. The molecule has 1 heterocycles. The molecule has 0 spiro atoms. The number of hydrogen-bond acceptors (Lipinski definition) is 5. The number of nitrogens with one attached hydrogen (secondary N) is 2. The fraction of sp³-hybridized carbons (Fsp3) is 0.444. The van der Waals surface area contributed by atoms with E-state index in [-0.39, 0.29) is 12.7 Å². The van der Waals surface area contributed by atoms with Crippen LogP contribution in [0.2, 0.25) is 0 Å². The van der Waals surface area contributed by atoms with Crippen molar-refractivity contribution in [1.82, 2.24) is 10.6 Å². The van der Waals surface area contributed by atoms with Crippen molar-refractivity contribution in [3.05, 3.63) is 42.1 Å². The van der Waals surface area contributed by atoms with Crippen molar-refractivity contribution in [2.45, 2.75) is 26.0 Å². The summed E-state index contributed by atoms with van der Waals surface area (Å²) in [5.74, 6) is -0.511. The third-order valence-corrected chi connectivity index (χ3v) is 3.78. The topological polar surface area (TPSA) is 85.9 Å². The van der Waals surface area contributed by atoms with Gasteiger partial charge in [-0.1, -0.05) is 18.7 Å². The van der Waals surface area contributed by atoms with Crippen LogP contribution in [-0.4, -0.2) is 38.4 Å². The molecule has 1 fully saturated rings. The van der Waals surface area contributed by atoms with Crippen LogP contribution < -0.4 is 15.4 Å². The van der Waals surface area contributed by atoms with Crippen LogP contribution in [0.1, 0.15) is 25.5 Å². The Hall–Kier alpha value is -2.54. The van der Waals surface area contributed by atoms with E-state index in [0.29, 0.717) is 18.1 Å². The number of amides is 2. The van der Waals surface area contributed by atoms with Gasteiger partial charge in [-0.25, -0.2) is 4.79 Å². The minimum Gasteiger partial charge on any atom is -0.497 e. The quantitative estimate of drug-likeness (QED) is 0.582. The van der Waals surface area contributed by atoms with E-state index >= 15 is 0 Å². The Bertz CT molecular complexity index is 627. The van der Waals surface area contributed by atoms with E-state index in [1.54, 1.807) is 31.4 Å². The molecule has 2 rings (SSSR count). The van der Waals surface area contributed by atoms with Gasteiger partial charge >= 0.3 is 12.0 Å². The normalized spacial score (nSPS) is 20.0. The predicted molar refractivity (Wildman–Crippen MR) is 92.1 cm³/mol. The van der Waals surface area contributed by atoms with Crippen LogP contribution in [0.25, 0.3) is 0 Å². The summed E-state index contributed by atoms with van der Waals surface area (Å²) in [4.78, 5) is 24.3. The second-order valence-electron chi connectivity index (χ2n) is 5.94. The van der Waals surface area contributed by atoms with E-state index in [9.17, 15) is 9.59 Å². The first-order chi connectivity index (χ1) is 11.9. The zero-order valence-corrected chi connectivity index (χ0v) is 14.7. The Morgan fingerprint density at radius 2 is 1.92 bits per heavy atom. The molecule has 1 aliphatic rings. The maximum Gasteiger partial charge on any atom is 0.319 e. The van der Waals surface area contributed by atoms with E-state index < -0.39 is 24.0 Å². The van der Waals surface area contributed by atoms with Crippen LogP contribution in [-0.2, 0) is 14.3 Å². The highest BCUT2D eigenvalue weighted by molar-refractivity contribution is 5.85. The zero-order valence-electron chi connectivity index (χ0n) is 14.7. The molecule has 1 aromatic carbocycles. The molecule has 0 aromatic heterocycles. The number of carbonyl (C=O) groups excluding carboxylic acids is 2. The van der Waals surface area contributed by atoms with E-state index in [4.69, 9.17) is 14.2 Å². The smallest absolute Gasteiger partial charge is 0.319 e. The molecule has 25 heavy (non-hydrogen) atoms. The van der Waals surface area contributed by atoms with Gasteiger partial charge in [-0.15, -0.1) is 0 Å². The van der Waals surface area contributed by atoms with Gasteiger partial charge in [0.1, 0.15) is 18.3 Å². The SMILES string of the molecule is C=C1NC(=O)N[C@@H](c2ccc(OC)cc2)[C@@H]1C(=O)OCCOC(C)C. The van der Waals surface area contributed by atoms with Gasteiger partial charge in [0.15, 0.2) is 0 Å². The van der Waals surface area contributed by atoms with E-state index in [2.05, 4.69) is 17.2 Å². The van der Waals surface area contributed by atoms with Gasteiger partial charge in [0.2, 0.25) is 0 Å². The van der Waals surface area contributed by atoms with Crippen molar-refractivity contribution in [2.24, 2.45) is 5.92 Å². The maximum absolute atomic E-state index is 12.5. The molecule has 7 nitrogen and oxygen atoms in total. The molecule has 2 N–H and O–H groups in total. The molecular weight excluding hydrogens is 324 g/mol. The highest BCUT2D eigenvalue weighted by atomic mass is 16.6. The van der Waals surface area contributed by atoms with Gasteiger partial charge < -0.3 is 24.8 Å². The van der Waals surface area contributed by atoms with E-state index in [0.717, 1.165) is 5.56 Å². The second-order valence-corrected chi connectivity index (χ2v) is 5.94. The molecule has 0 aliphatic carbocycles. The minimum absolute atomic E-state index is 0.0661. The fourth-order valence-corrected chi connectivity index (χ4v) is 2.57. The fourth-order valence-electron chi connectivity index (χ4n) is 2.57. The van der Waals surface area contributed by atoms with Crippen LogP contribution >= 0.6 is 0 Å². The summed E-state index contributed by atoms with van der Waals surface area (Å²) in [6, 6.07) is 6.16. The average molecular weight is 348 g/mol. The van der Waals surface area contributed by atoms with E-state index in [1.165, 1.54) is 0 Å². The van der Waals surface area contributed by atoms with Gasteiger partial charge in [0.05, 0.1) is 25.9 Å². The molecule has 0 unspecified atom stereocenters. The van der Waals surface area contributed by atoms with Gasteiger partial charge in [-0.3, -0.25) is 4.79 Å². The third-order valence-electron chi connectivity index (χ3n) is 3.78. The number of methoxy groups -OCH3 is 1. The number of rotatable bonds is 7. The van der Waals surface area contributed by atoms with Crippen molar-refractivity contribution in [3.63, 3.8) is 0 Å². The van der Waals surface area contributed by atoms with Gasteiger partial charge in [-0.2, -0.15) is 0 Å². The Balaban J connectivity index is 2.11. The van der Waals surface area contributed by atoms with Crippen LogP contribution in [0, 0.1) is 5.92 Å². The Morgan fingerprint density at radius 3 is 2.52 bits per heavy atom. The second kappa shape index (κ2) is 8.53. The lowest BCUT2D eigenvalue weighted by atomic mass is 9.89. The molecule has 2 amide bonds. The van der Waals surface area contributed by atoms with Crippen molar-refractivity contribution < 1.29 is 23.8 Å². The summed E-state index contributed by atoms with van der Waals surface area (Å²) in [5, 5.41) is 5.30. The van der Waals surface area contributed by atoms with Gasteiger partial charge in [0.25, 0.3) is 0 Å². The third kappa shape index (κ3) is 4.96. The Morgan fingerprint density at radius 1 is 1.24 bits per heavy atom. The number of esters is 1. The lowest BCUT2D eigenvalue weighted by Gasteiger charge is -2.33. The first-order valence-corrected chi connectivity index (χ1v) is 8.11. The number of carbonyl (C=O) groups is 2. The average Bonchev–Trinajstić information content (AvgIpc) is 2.57. The zero-order chi connectivity index (χ0) is 18.4. The minimum atomic E-state index is -0.731. The largest absolute Gasteiger partial charge is 0.497 e. The summed E-state index contributed by atoms with van der Waals surface area (Å²) in [5.41, 5.74) is 1.07. The standard InChI is InChI=1S/C18H24N2O5/c1-11(2)24-9-10-25-17(21)15-12(3)19-18(22)20-16(15)13-5-7-14(23-4)8-6-13/h5-8,11,15-16H,3,9-10H2,1-2,4H3,(H2,19,20,22)/t15-,16+/m1/s1. The molecule has 1 aliphatic heterocycles. The van der Waals surface area contributed by atoms with Gasteiger partial charge in [-0.05, 0) is 31.5 Å². The first-order valence-electron chi connectivity index (χ1n) is 8.11. The van der Waals surface area contributed by atoms with Crippen LogP contribution in [0.3, 0.4) is 0 Å². The maximum atomic E-state index is 12.5. The van der Waals surface area contributed by atoms with Gasteiger partial charge in [0, 0.05) is 5.70 Å². The lowest BCUT2D eigenvalue weighted by molar-refractivity contribution is -0.150. The summed E-state index contributed by atoms with van der Waals surface area (Å²) in [6.07, 6.45) is 0.0661. The highest BCUT2D eigenvalue weighted by Crippen LogP contribution is 2.31. The number of hydrogen-bond donors (Lipinski definition) is 2. The highest BCUT2D eigenvalue weighted by Gasteiger charge is 2.38. The van der Waals surface area contributed by atoms with Crippen LogP contribution in [0.15, 0.2) is 36.5 Å². The molecule has 0 bridgehead atoms. The summed E-state index contributed by atoms with van der Waals surface area (Å²) >= 11 is 0. The Labute approximate surface area is 147 Å².